The average molecular weight is 384 g/mol. The first-order chi connectivity index (χ1) is 11.8. The highest BCUT2D eigenvalue weighted by Crippen LogP contribution is 2.28. The third kappa shape index (κ3) is 4.60. The van der Waals surface area contributed by atoms with Gasteiger partial charge in [-0.05, 0) is 37.6 Å². The number of nitrogens with one attached hydrogen (secondary N) is 1. The van der Waals surface area contributed by atoms with Gasteiger partial charge in [0.25, 0.3) is 5.22 Å². The van der Waals surface area contributed by atoms with Gasteiger partial charge in [-0.2, -0.15) is 0 Å². The highest BCUT2D eigenvalue weighted by molar-refractivity contribution is 8.00. The summed E-state index contributed by atoms with van der Waals surface area (Å²) in [5.41, 5.74) is 0.689. The van der Waals surface area contributed by atoms with Crippen LogP contribution in [-0.2, 0) is 14.6 Å². The first-order valence-corrected chi connectivity index (χ1v) is 10.4. The Hall–Kier alpha value is -1.87. The minimum absolute atomic E-state index is 0.0101. The Kier molecular flexibility index (Phi) is 5.14. The molecular formula is C16H17FN2O4S2. The molecule has 1 aliphatic rings. The molecule has 2 aromatic rings. The number of aromatic nitrogens is 1. The number of amides is 1. The van der Waals surface area contributed by atoms with Crippen LogP contribution in [0.25, 0.3) is 11.3 Å². The molecule has 0 radical (unpaired) electrons. The van der Waals surface area contributed by atoms with Gasteiger partial charge in [0.2, 0.25) is 5.91 Å². The van der Waals surface area contributed by atoms with Crippen molar-refractivity contribution in [3.05, 3.63) is 36.3 Å². The molecule has 0 saturated carbocycles. The van der Waals surface area contributed by atoms with Gasteiger partial charge in [0.05, 0.1) is 23.0 Å². The maximum absolute atomic E-state index is 13.0. The highest BCUT2D eigenvalue weighted by Gasteiger charge is 2.30. The van der Waals surface area contributed by atoms with Crippen LogP contribution >= 0.6 is 11.8 Å². The first-order valence-electron chi connectivity index (χ1n) is 7.71. The minimum atomic E-state index is -3.04. The standard InChI is InChI=1S/C16H17FN2O4S2/c1-10(15(20)19-13-6-7-25(21,22)9-13)24-16-18-8-14(23-16)11-2-4-12(17)5-3-11/h2-5,8,10,13H,6-7,9H2,1H3,(H,19,20)/t10-,13+/m1/s1. The van der Waals surface area contributed by atoms with Crippen molar-refractivity contribution in [2.75, 3.05) is 11.5 Å². The van der Waals surface area contributed by atoms with E-state index in [0.717, 1.165) is 11.8 Å². The van der Waals surface area contributed by atoms with Crippen molar-refractivity contribution in [3.63, 3.8) is 0 Å². The molecule has 134 valence electrons. The lowest BCUT2D eigenvalue weighted by molar-refractivity contribution is -0.120. The number of nitrogens with zero attached hydrogens (tertiary/aromatic N) is 1. The number of benzene rings is 1. The Morgan fingerprint density at radius 3 is 2.76 bits per heavy atom. The molecule has 25 heavy (non-hydrogen) atoms. The van der Waals surface area contributed by atoms with Crippen LogP contribution in [0.5, 0.6) is 0 Å². The van der Waals surface area contributed by atoms with Gasteiger partial charge in [0, 0.05) is 11.6 Å². The van der Waals surface area contributed by atoms with Crippen molar-refractivity contribution in [1.82, 2.24) is 10.3 Å². The van der Waals surface area contributed by atoms with E-state index in [2.05, 4.69) is 10.3 Å². The number of hydrogen-bond donors (Lipinski definition) is 1. The number of carbonyl (C=O) groups is 1. The summed E-state index contributed by atoms with van der Waals surface area (Å²) in [6.07, 6.45) is 1.96. The van der Waals surface area contributed by atoms with Crippen molar-refractivity contribution >= 4 is 27.5 Å². The molecule has 1 fully saturated rings. The smallest absolute Gasteiger partial charge is 0.256 e. The molecular weight excluding hydrogens is 367 g/mol. The molecule has 1 aromatic carbocycles. The summed E-state index contributed by atoms with van der Waals surface area (Å²) in [4.78, 5) is 16.3. The molecule has 0 spiro atoms. The van der Waals surface area contributed by atoms with E-state index < -0.39 is 15.1 Å². The predicted octanol–water partition coefficient (Wildman–Crippen LogP) is 2.26. The van der Waals surface area contributed by atoms with Gasteiger partial charge in [-0.15, -0.1) is 0 Å². The molecule has 3 rings (SSSR count). The molecule has 1 amide bonds. The number of thioether (sulfide) groups is 1. The quantitative estimate of drug-likeness (QED) is 0.796. The number of sulfone groups is 1. The molecule has 0 bridgehead atoms. The second-order valence-corrected chi connectivity index (χ2v) is 9.39. The Morgan fingerprint density at radius 2 is 2.12 bits per heavy atom. The topological polar surface area (TPSA) is 89.3 Å². The Balaban J connectivity index is 1.58. The predicted molar refractivity (Wildman–Crippen MR) is 92.4 cm³/mol. The molecule has 2 atom stereocenters. The van der Waals surface area contributed by atoms with Crippen molar-refractivity contribution < 1.29 is 22.0 Å². The van der Waals surface area contributed by atoms with Gasteiger partial charge in [0.1, 0.15) is 5.82 Å². The van der Waals surface area contributed by atoms with Crippen LogP contribution in [0, 0.1) is 5.82 Å². The number of carbonyl (C=O) groups excluding carboxylic acids is 1. The van der Waals surface area contributed by atoms with Crippen LogP contribution < -0.4 is 5.32 Å². The maximum atomic E-state index is 13.0. The highest BCUT2D eigenvalue weighted by atomic mass is 32.2. The van der Waals surface area contributed by atoms with E-state index in [0.29, 0.717) is 23.0 Å². The van der Waals surface area contributed by atoms with Gasteiger partial charge in [-0.1, -0.05) is 11.8 Å². The zero-order valence-electron chi connectivity index (χ0n) is 13.4. The fraction of sp³-hybridized carbons (Fsp3) is 0.375. The summed E-state index contributed by atoms with van der Waals surface area (Å²) in [7, 11) is -3.04. The van der Waals surface area contributed by atoms with Crippen LogP contribution in [0.3, 0.4) is 0 Å². The summed E-state index contributed by atoms with van der Waals surface area (Å²) in [5, 5.41) is 2.59. The third-order valence-electron chi connectivity index (χ3n) is 3.84. The Morgan fingerprint density at radius 1 is 1.40 bits per heavy atom. The van der Waals surface area contributed by atoms with E-state index in [1.54, 1.807) is 19.1 Å². The lowest BCUT2D eigenvalue weighted by Crippen LogP contribution is -2.39. The molecule has 1 aromatic heterocycles. The second kappa shape index (κ2) is 7.17. The summed E-state index contributed by atoms with van der Waals surface area (Å²) in [6, 6.07) is 5.49. The monoisotopic (exact) mass is 384 g/mol. The molecule has 1 saturated heterocycles. The lowest BCUT2D eigenvalue weighted by Gasteiger charge is -2.14. The summed E-state index contributed by atoms with van der Waals surface area (Å²) in [5.74, 6) is -0.00733. The summed E-state index contributed by atoms with van der Waals surface area (Å²) < 4.78 is 41.4. The zero-order valence-corrected chi connectivity index (χ0v) is 15.1. The minimum Gasteiger partial charge on any atom is -0.431 e. The number of hydrogen-bond acceptors (Lipinski definition) is 6. The van der Waals surface area contributed by atoms with Crippen molar-refractivity contribution in [3.8, 4) is 11.3 Å². The zero-order chi connectivity index (χ0) is 18.0. The Labute approximate surface area is 149 Å². The first kappa shape index (κ1) is 17.9. The molecule has 1 aliphatic heterocycles. The summed E-state index contributed by atoms with van der Waals surface area (Å²) >= 11 is 1.14. The van der Waals surface area contributed by atoms with Gasteiger partial charge >= 0.3 is 0 Å². The van der Waals surface area contributed by atoms with E-state index in [1.807, 2.05) is 0 Å². The van der Waals surface area contributed by atoms with Crippen molar-refractivity contribution in [2.45, 2.75) is 29.9 Å². The van der Waals surface area contributed by atoms with Gasteiger partial charge in [-0.3, -0.25) is 4.79 Å². The van der Waals surface area contributed by atoms with Gasteiger partial charge in [0.15, 0.2) is 15.6 Å². The van der Waals surface area contributed by atoms with E-state index in [1.165, 1.54) is 18.3 Å². The number of oxazole rings is 1. The maximum Gasteiger partial charge on any atom is 0.256 e. The largest absolute Gasteiger partial charge is 0.431 e. The Bertz CT molecular complexity index is 865. The van der Waals surface area contributed by atoms with E-state index in [9.17, 15) is 17.6 Å². The van der Waals surface area contributed by atoms with Crippen molar-refractivity contribution in [2.24, 2.45) is 0 Å². The van der Waals surface area contributed by atoms with Gasteiger partial charge in [-0.25, -0.2) is 17.8 Å². The average Bonchev–Trinajstić information content (AvgIpc) is 3.14. The van der Waals surface area contributed by atoms with E-state index in [-0.39, 0.29) is 29.3 Å². The van der Waals surface area contributed by atoms with Crippen LogP contribution in [0.15, 0.2) is 40.1 Å². The lowest BCUT2D eigenvalue weighted by atomic mass is 10.2. The molecule has 9 heteroatoms. The SMILES string of the molecule is C[C@@H](Sc1ncc(-c2ccc(F)cc2)o1)C(=O)N[C@H]1CCS(=O)(=O)C1. The van der Waals surface area contributed by atoms with E-state index in [4.69, 9.17) is 4.42 Å². The van der Waals surface area contributed by atoms with Crippen LogP contribution in [0.1, 0.15) is 13.3 Å². The third-order valence-corrected chi connectivity index (χ3v) is 6.56. The second-order valence-electron chi connectivity index (χ2n) is 5.87. The summed E-state index contributed by atoms with van der Waals surface area (Å²) in [6.45, 7) is 1.70. The molecule has 0 aliphatic carbocycles. The number of halogens is 1. The van der Waals surface area contributed by atoms with Crippen LogP contribution in [-0.4, -0.2) is 42.1 Å². The molecule has 2 heterocycles. The normalized spacial score (nSPS) is 20.3. The fourth-order valence-electron chi connectivity index (χ4n) is 2.49. The molecule has 1 N–H and O–H groups in total. The van der Waals surface area contributed by atoms with Crippen molar-refractivity contribution in [1.29, 1.82) is 0 Å². The van der Waals surface area contributed by atoms with E-state index >= 15 is 0 Å². The number of rotatable bonds is 5. The molecule has 0 unspecified atom stereocenters. The van der Waals surface area contributed by atoms with Crippen LogP contribution in [0.2, 0.25) is 0 Å². The molecule has 6 nitrogen and oxygen atoms in total. The van der Waals surface area contributed by atoms with Crippen LogP contribution in [0.4, 0.5) is 4.39 Å². The fourth-order valence-corrected chi connectivity index (χ4v) is 4.89. The van der Waals surface area contributed by atoms with Gasteiger partial charge < -0.3 is 9.73 Å².